The fourth-order valence-corrected chi connectivity index (χ4v) is 4.94. The molecule has 1 heterocycles. The molecule has 1 aliphatic rings. The summed E-state index contributed by atoms with van der Waals surface area (Å²) >= 11 is 1.06. The molecule has 0 bridgehead atoms. The van der Waals surface area contributed by atoms with Crippen molar-refractivity contribution in [3.8, 4) is 5.75 Å². The maximum absolute atomic E-state index is 14.0. The van der Waals surface area contributed by atoms with Crippen LogP contribution in [0.25, 0.3) is 0 Å². The Bertz CT molecular complexity index is 965. The number of halogens is 4. The molecule has 33 heavy (non-hydrogen) atoms. The predicted molar refractivity (Wildman–Crippen MR) is 125 cm³/mol. The summed E-state index contributed by atoms with van der Waals surface area (Å²) in [6.07, 6.45) is 1.40. The van der Waals surface area contributed by atoms with E-state index in [2.05, 4.69) is 11.9 Å². The number of rotatable bonds is 10. The number of hydrogen-bond donors (Lipinski definition) is 2. The topological polar surface area (TPSA) is 73.6 Å². The molecule has 0 saturated carbocycles. The van der Waals surface area contributed by atoms with Gasteiger partial charge in [-0.3, -0.25) is 0 Å². The Morgan fingerprint density at radius 3 is 2.24 bits per heavy atom. The van der Waals surface area contributed by atoms with E-state index in [9.17, 15) is 17.6 Å². The van der Waals surface area contributed by atoms with E-state index in [4.69, 9.17) is 16.2 Å². The zero-order valence-electron chi connectivity index (χ0n) is 18.5. The number of alkyl halides is 3. The monoisotopic (exact) mass is 483 g/mol. The zero-order valence-corrected chi connectivity index (χ0v) is 19.3. The van der Waals surface area contributed by atoms with Crippen molar-refractivity contribution < 1.29 is 22.3 Å². The minimum absolute atomic E-state index is 0.156. The average Bonchev–Trinajstić information content (AvgIpc) is 3.07. The molecule has 1 aliphatic heterocycles. The van der Waals surface area contributed by atoms with E-state index in [-0.39, 0.29) is 23.1 Å². The number of benzene rings is 2. The van der Waals surface area contributed by atoms with Crippen LogP contribution in [0.5, 0.6) is 5.75 Å². The highest BCUT2D eigenvalue weighted by Crippen LogP contribution is 2.47. The fraction of sp³-hybridized carbons (Fsp3) is 0.458. The molecule has 3 rings (SSSR count). The molecule has 0 radical (unpaired) electrons. The third kappa shape index (κ3) is 5.81. The van der Waals surface area contributed by atoms with Crippen LogP contribution < -0.4 is 16.2 Å². The molecular formula is C24H29F4N3OS. The van der Waals surface area contributed by atoms with E-state index in [0.29, 0.717) is 12.0 Å². The molecule has 180 valence electrons. The molecular weight excluding hydrogens is 454 g/mol. The van der Waals surface area contributed by atoms with Gasteiger partial charge in [0.05, 0.1) is 17.5 Å². The van der Waals surface area contributed by atoms with Crippen LogP contribution in [-0.4, -0.2) is 17.1 Å². The van der Waals surface area contributed by atoms with E-state index in [1.165, 1.54) is 36.4 Å². The van der Waals surface area contributed by atoms with Gasteiger partial charge in [-0.15, -0.1) is 0 Å². The van der Waals surface area contributed by atoms with Gasteiger partial charge in [-0.05, 0) is 41.8 Å². The smallest absolute Gasteiger partial charge is 0.419 e. The first-order valence-corrected chi connectivity index (χ1v) is 11.9. The van der Waals surface area contributed by atoms with Crippen LogP contribution in [0.15, 0.2) is 47.5 Å². The highest BCUT2D eigenvalue weighted by molar-refractivity contribution is 8.14. The largest absolute Gasteiger partial charge is 0.493 e. The van der Waals surface area contributed by atoms with Gasteiger partial charge in [0.2, 0.25) is 0 Å². The van der Waals surface area contributed by atoms with Crippen molar-refractivity contribution >= 4 is 16.9 Å². The summed E-state index contributed by atoms with van der Waals surface area (Å²) in [6.45, 7) is 2.33. The highest BCUT2D eigenvalue weighted by atomic mass is 32.2. The summed E-state index contributed by atoms with van der Waals surface area (Å²) in [5.74, 6) is -0.704. The van der Waals surface area contributed by atoms with Gasteiger partial charge in [0.25, 0.3) is 0 Å². The molecule has 0 amide bonds. The van der Waals surface area contributed by atoms with Gasteiger partial charge in [-0.25, -0.2) is 9.38 Å². The number of amidine groups is 1. The summed E-state index contributed by atoms with van der Waals surface area (Å²) in [7, 11) is 0. The summed E-state index contributed by atoms with van der Waals surface area (Å²) < 4.78 is 60.9. The molecule has 2 unspecified atom stereocenters. The minimum atomic E-state index is -4.64. The lowest BCUT2D eigenvalue weighted by atomic mass is 9.82. The van der Waals surface area contributed by atoms with Gasteiger partial charge in [0.1, 0.15) is 17.1 Å². The number of nitrogens with two attached hydrogens (primary N) is 2. The zero-order chi connectivity index (χ0) is 24.1. The van der Waals surface area contributed by atoms with Gasteiger partial charge in [-0.2, -0.15) is 13.2 Å². The van der Waals surface area contributed by atoms with E-state index in [0.717, 1.165) is 49.9 Å². The van der Waals surface area contributed by atoms with Crippen LogP contribution in [0, 0.1) is 5.82 Å². The van der Waals surface area contributed by atoms with Gasteiger partial charge in [-0.1, -0.05) is 69.0 Å². The van der Waals surface area contributed by atoms with Crippen molar-refractivity contribution in [2.24, 2.45) is 16.5 Å². The van der Waals surface area contributed by atoms with Crippen LogP contribution in [0.3, 0.4) is 0 Å². The quantitative estimate of drug-likeness (QED) is 0.313. The lowest BCUT2D eigenvalue weighted by Gasteiger charge is -2.32. The van der Waals surface area contributed by atoms with E-state index in [1.807, 2.05) is 0 Å². The van der Waals surface area contributed by atoms with E-state index < -0.39 is 28.5 Å². The molecule has 4 N–H and O–H groups in total. The number of nitrogens with zero attached hydrogens (tertiary/aromatic N) is 1. The molecule has 2 aromatic carbocycles. The molecule has 0 aromatic heterocycles. The van der Waals surface area contributed by atoms with Crippen molar-refractivity contribution in [1.82, 2.24) is 0 Å². The third-order valence-corrected chi connectivity index (χ3v) is 6.64. The van der Waals surface area contributed by atoms with E-state index >= 15 is 0 Å². The van der Waals surface area contributed by atoms with Crippen molar-refractivity contribution in [1.29, 1.82) is 0 Å². The second kappa shape index (κ2) is 10.8. The number of thioether (sulfide) groups is 1. The Hall–Kier alpha value is -2.26. The lowest BCUT2D eigenvalue weighted by Crippen LogP contribution is -2.40. The average molecular weight is 484 g/mol. The molecule has 0 saturated heterocycles. The molecule has 2 atom stereocenters. The second-order valence-electron chi connectivity index (χ2n) is 8.09. The molecule has 0 spiro atoms. The lowest BCUT2D eigenvalue weighted by molar-refractivity contribution is -0.139. The number of aliphatic imine (C=N–C) groups is 1. The summed E-state index contributed by atoms with van der Waals surface area (Å²) in [5.41, 5.74) is 10.6. The summed E-state index contributed by atoms with van der Waals surface area (Å²) in [4.78, 5) is 4.44. The van der Waals surface area contributed by atoms with Crippen LogP contribution in [-0.2, 0) is 11.7 Å². The normalized spacial score (nSPS) is 20.7. The van der Waals surface area contributed by atoms with Crippen molar-refractivity contribution in [3.63, 3.8) is 0 Å². The number of unbranched alkanes of at least 4 members (excludes halogenated alkanes) is 5. The first-order chi connectivity index (χ1) is 15.7. The van der Waals surface area contributed by atoms with Gasteiger partial charge < -0.3 is 16.2 Å². The molecule has 4 nitrogen and oxygen atoms in total. The van der Waals surface area contributed by atoms with Crippen LogP contribution >= 0.6 is 11.8 Å². The van der Waals surface area contributed by atoms with E-state index in [1.54, 1.807) is 0 Å². The summed E-state index contributed by atoms with van der Waals surface area (Å²) in [6, 6.07) is 9.23. The second-order valence-corrected chi connectivity index (χ2v) is 9.25. The molecule has 2 aromatic rings. The molecule has 0 fully saturated rings. The van der Waals surface area contributed by atoms with Crippen molar-refractivity contribution in [3.05, 3.63) is 65.0 Å². The Balaban J connectivity index is 1.91. The maximum Gasteiger partial charge on any atom is 0.419 e. The fourth-order valence-electron chi connectivity index (χ4n) is 3.99. The highest BCUT2D eigenvalue weighted by Gasteiger charge is 2.47. The Morgan fingerprint density at radius 2 is 1.64 bits per heavy atom. The van der Waals surface area contributed by atoms with Crippen molar-refractivity contribution in [2.45, 2.75) is 62.5 Å². The van der Waals surface area contributed by atoms with Crippen molar-refractivity contribution in [2.75, 3.05) is 6.61 Å². The van der Waals surface area contributed by atoms with Gasteiger partial charge in [0.15, 0.2) is 5.17 Å². The van der Waals surface area contributed by atoms with Crippen LogP contribution in [0.1, 0.15) is 62.1 Å². The minimum Gasteiger partial charge on any atom is -0.493 e. The maximum atomic E-state index is 14.0. The Kier molecular flexibility index (Phi) is 8.28. The Morgan fingerprint density at radius 1 is 1.00 bits per heavy atom. The third-order valence-electron chi connectivity index (χ3n) is 5.71. The van der Waals surface area contributed by atoms with Crippen LogP contribution in [0.4, 0.5) is 17.6 Å². The first-order valence-electron chi connectivity index (χ1n) is 11.1. The van der Waals surface area contributed by atoms with Gasteiger partial charge in [0, 0.05) is 0 Å². The molecule has 9 heteroatoms. The predicted octanol–water partition coefficient (Wildman–Crippen LogP) is 6.17. The number of hydrogen-bond acceptors (Lipinski definition) is 5. The first kappa shape index (κ1) is 25.4. The van der Waals surface area contributed by atoms with Crippen LogP contribution in [0.2, 0.25) is 0 Å². The number of ether oxygens (including phenoxy) is 1. The SMILES string of the molecule is CCCCCCCCOc1ccc(C2(c3ccc(F)cc3)N=C(N)SC2N)cc1C(F)(F)F. The molecule has 0 aliphatic carbocycles. The summed E-state index contributed by atoms with van der Waals surface area (Å²) in [5, 5.41) is -0.622. The Labute approximate surface area is 195 Å². The van der Waals surface area contributed by atoms with Gasteiger partial charge >= 0.3 is 6.18 Å². The standard InChI is InChI=1S/C24H29F4N3OS/c1-2-3-4-5-6-7-14-32-20-13-10-17(15-19(20)24(26,27)28)23(21(29)33-22(30)31-23)16-8-11-18(25)12-9-16/h8-13,15,21H,2-7,14,29H2,1H3,(H2,30,31).